The van der Waals surface area contributed by atoms with Crippen LogP contribution < -0.4 is 23.7 Å². The van der Waals surface area contributed by atoms with Gasteiger partial charge in [-0.3, -0.25) is 4.72 Å². The number of benzene rings is 3. The highest BCUT2D eigenvalue weighted by molar-refractivity contribution is 7.92. The van der Waals surface area contributed by atoms with Crippen LogP contribution in [0, 0.1) is 0 Å². The van der Waals surface area contributed by atoms with Crippen LogP contribution in [0.2, 0.25) is 0 Å². The zero-order valence-corrected chi connectivity index (χ0v) is 18.8. The Morgan fingerprint density at radius 1 is 0.848 bits per heavy atom. The Hall–Kier alpha value is -3.92. The highest BCUT2D eigenvalue weighted by Gasteiger charge is 2.22. The Morgan fingerprint density at radius 2 is 1.52 bits per heavy atom. The maximum absolute atomic E-state index is 13.0. The van der Waals surface area contributed by atoms with Crippen LogP contribution in [0.3, 0.4) is 0 Å². The second-order valence-corrected chi connectivity index (χ2v) is 8.30. The fourth-order valence-corrected chi connectivity index (χ4v) is 4.13. The highest BCUT2D eigenvalue weighted by atomic mass is 32.2. The second-order valence-electron chi connectivity index (χ2n) is 6.64. The van der Waals surface area contributed by atoms with E-state index >= 15 is 0 Å². The first kappa shape index (κ1) is 23.7. The zero-order chi connectivity index (χ0) is 23.8. The lowest BCUT2D eigenvalue weighted by Gasteiger charge is -2.16. The summed E-state index contributed by atoms with van der Waals surface area (Å²) in [5.74, 6) is 0.323. The third-order valence-electron chi connectivity index (χ3n) is 4.50. The van der Waals surface area contributed by atoms with Gasteiger partial charge in [-0.15, -0.1) is 0 Å². The molecule has 0 aliphatic rings. The molecule has 33 heavy (non-hydrogen) atoms. The SMILES string of the molecule is COc1ccc(OC)c(S(=O)(=O)Nc2ccccc2OCCOc2ccc(C(=O)O)cc2)c1. The fraction of sp³-hybridized carbons (Fsp3) is 0.174. The average molecular weight is 474 g/mol. The molecule has 0 atom stereocenters. The van der Waals surface area contributed by atoms with Crippen LogP contribution in [0.4, 0.5) is 5.69 Å². The number of carbonyl (C=O) groups is 1. The lowest BCUT2D eigenvalue weighted by atomic mass is 10.2. The van der Waals surface area contributed by atoms with Gasteiger partial charge in [-0.1, -0.05) is 12.1 Å². The molecule has 0 saturated carbocycles. The summed E-state index contributed by atoms with van der Waals surface area (Å²) in [4.78, 5) is 10.8. The lowest BCUT2D eigenvalue weighted by Crippen LogP contribution is -2.16. The Morgan fingerprint density at radius 3 is 2.18 bits per heavy atom. The molecule has 2 N–H and O–H groups in total. The molecule has 0 amide bonds. The summed E-state index contributed by atoms with van der Waals surface area (Å²) in [6, 6.07) is 17.0. The normalized spacial score (nSPS) is 10.8. The number of aromatic carboxylic acids is 1. The Labute approximate surface area is 191 Å². The maximum atomic E-state index is 13.0. The predicted octanol–water partition coefficient (Wildman–Crippen LogP) is 3.66. The average Bonchev–Trinajstić information content (AvgIpc) is 2.82. The molecular weight excluding hydrogens is 450 g/mol. The second kappa shape index (κ2) is 10.6. The van der Waals surface area contributed by atoms with Crippen LogP contribution in [-0.2, 0) is 10.0 Å². The molecule has 174 valence electrons. The van der Waals surface area contributed by atoms with E-state index in [4.69, 9.17) is 24.1 Å². The number of ether oxygens (including phenoxy) is 4. The smallest absolute Gasteiger partial charge is 0.335 e. The van der Waals surface area contributed by atoms with Gasteiger partial charge in [0.05, 0.1) is 25.5 Å². The molecular formula is C23H23NO8S. The zero-order valence-electron chi connectivity index (χ0n) is 18.0. The topological polar surface area (TPSA) is 120 Å². The molecule has 0 aliphatic heterocycles. The number of carboxylic acids is 1. The number of anilines is 1. The Balaban J connectivity index is 1.67. The molecule has 0 aromatic heterocycles. The molecule has 0 fully saturated rings. The first-order chi connectivity index (χ1) is 15.8. The molecule has 0 heterocycles. The summed E-state index contributed by atoms with van der Waals surface area (Å²) in [6.45, 7) is 0.291. The summed E-state index contributed by atoms with van der Waals surface area (Å²) in [5.41, 5.74) is 0.403. The monoisotopic (exact) mass is 473 g/mol. The first-order valence-electron chi connectivity index (χ1n) is 9.77. The number of sulfonamides is 1. The molecule has 0 unspecified atom stereocenters. The van der Waals surface area contributed by atoms with Crippen molar-refractivity contribution in [2.75, 3.05) is 32.2 Å². The maximum Gasteiger partial charge on any atom is 0.335 e. The summed E-state index contributed by atoms with van der Waals surface area (Å²) in [5, 5.41) is 8.93. The largest absolute Gasteiger partial charge is 0.497 e. The number of hydrogen-bond donors (Lipinski definition) is 2. The van der Waals surface area contributed by atoms with Gasteiger partial charge in [0.25, 0.3) is 10.0 Å². The number of methoxy groups -OCH3 is 2. The van der Waals surface area contributed by atoms with E-state index in [1.54, 1.807) is 42.5 Å². The molecule has 0 spiro atoms. The van der Waals surface area contributed by atoms with Crippen molar-refractivity contribution < 1.29 is 37.3 Å². The van der Waals surface area contributed by atoms with E-state index in [1.807, 2.05) is 0 Å². The van der Waals surface area contributed by atoms with Gasteiger partial charge < -0.3 is 24.1 Å². The van der Waals surface area contributed by atoms with Gasteiger partial charge in [0.15, 0.2) is 0 Å². The van der Waals surface area contributed by atoms with Crippen LogP contribution in [0.1, 0.15) is 10.4 Å². The summed E-state index contributed by atoms with van der Waals surface area (Å²) in [7, 11) is -1.19. The van der Waals surface area contributed by atoms with Crippen molar-refractivity contribution >= 4 is 21.7 Å². The quantitative estimate of drug-likeness (QED) is 0.405. The van der Waals surface area contributed by atoms with E-state index < -0.39 is 16.0 Å². The molecule has 0 bridgehead atoms. The third-order valence-corrected chi connectivity index (χ3v) is 5.89. The van der Waals surface area contributed by atoms with Gasteiger partial charge in [-0.05, 0) is 48.5 Å². The minimum absolute atomic E-state index is 0.0766. The van der Waals surface area contributed by atoms with Crippen LogP contribution in [0.15, 0.2) is 71.6 Å². The van der Waals surface area contributed by atoms with E-state index in [-0.39, 0.29) is 35.1 Å². The van der Waals surface area contributed by atoms with Crippen molar-refractivity contribution in [1.82, 2.24) is 0 Å². The van der Waals surface area contributed by atoms with E-state index in [9.17, 15) is 13.2 Å². The minimum atomic E-state index is -4.01. The van der Waals surface area contributed by atoms with Crippen molar-refractivity contribution in [2.45, 2.75) is 4.90 Å². The molecule has 9 nitrogen and oxygen atoms in total. The van der Waals surface area contributed by atoms with Crippen LogP contribution in [0.25, 0.3) is 0 Å². The van der Waals surface area contributed by atoms with Gasteiger partial charge in [-0.25, -0.2) is 13.2 Å². The summed E-state index contributed by atoms with van der Waals surface area (Å²) >= 11 is 0. The molecule has 3 aromatic rings. The van der Waals surface area contributed by atoms with Crippen molar-refractivity contribution in [2.24, 2.45) is 0 Å². The van der Waals surface area contributed by atoms with Crippen molar-refractivity contribution in [3.05, 3.63) is 72.3 Å². The van der Waals surface area contributed by atoms with Crippen molar-refractivity contribution in [3.8, 4) is 23.0 Å². The number of hydrogen-bond acceptors (Lipinski definition) is 7. The van der Waals surface area contributed by atoms with Crippen molar-refractivity contribution in [1.29, 1.82) is 0 Å². The van der Waals surface area contributed by atoms with Gasteiger partial charge in [-0.2, -0.15) is 0 Å². The molecule has 0 aliphatic carbocycles. The van der Waals surface area contributed by atoms with Crippen LogP contribution in [0.5, 0.6) is 23.0 Å². The number of rotatable bonds is 11. The van der Waals surface area contributed by atoms with E-state index in [0.717, 1.165) is 0 Å². The Kier molecular flexibility index (Phi) is 7.62. The Bertz CT molecular complexity index is 1210. The number of nitrogens with one attached hydrogen (secondary N) is 1. The summed E-state index contributed by atoms with van der Waals surface area (Å²) in [6.07, 6.45) is 0. The van der Waals surface area contributed by atoms with Crippen LogP contribution in [-0.4, -0.2) is 46.9 Å². The standard InChI is InChI=1S/C23H23NO8S/c1-29-18-11-12-21(30-2)22(15-18)33(27,28)24-19-5-3-4-6-20(19)32-14-13-31-17-9-7-16(8-10-17)23(25)26/h3-12,15,24H,13-14H2,1-2H3,(H,25,26). The predicted molar refractivity (Wildman–Crippen MR) is 121 cm³/mol. The minimum Gasteiger partial charge on any atom is -0.497 e. The molecule has 10 heteroatoms. The van der Waals surface area contributed by atoms with Gasteiger partial charge in [0, 0.05) is 6.07 Å². The van der Waals surface area contributed by atoms with E-state index in [1.165, 1.54) is 38.5 Å². The molecule has 0 saturated heterocycles. The lowest BCUT2D eigenvalue weighted by molar-refractivity contribution is 0.0696. The molecule has 0 radical (unpaired) electrons. The number of carboxylic acid groups (broad SMARTS) is 1. The first-order valence-corrected chi connectivity index (χ1v) is 11.2. The van der Waals surface area contributed by atoms with E-state index in [2.05, 4.69) is 4.72 Å². The molecule has 3 rings (SSSR count). The molecule has 3 aromatic carbocycles. The fourth-order valence-electron chi connectivity index (χ4n) is 2.88. The van der Waals surface area contributed by atoms with Gasteiger partial charge >= 0.3 is 5.97 Å². The number of para-hydroxylation sites is 2. The third kappa shape index (κ3) is 6.07. The van der Waals surface area contributed by atoms with Crippen LogP contribution >= 0.6 is 0 Å². The highest BCUT2D eigenvalue weighted by Crippen LogP contribution is 2.32. The van der Waals surface area contributed by atoms with Crippen molar-refractivity contribution in [3.63, 3.8) is 0 Å². The van der Waals surface area contributed by atoms with Gasteiger partial charge in [0.1, 0.15) is 41.1 Å². The summed E-state index contributed by atoms with van der Waals surface area (Å²) < 4.78 is 50.1. The van der Waals surface area contributed by atoms with E-state index in [0.29, 0.717) is 17.2 Å². The van der Waals surface area contributed by atoms with Gasteiger partial charge in [0.2, 0.25) is 0 Å².